The molecule has 1 fully saturated rings. The SMILES string of the molecule is Cc1cc(Cl)c2scc(C3CCN(C)CC3)c2c1.O=C(O)c1ccccc1. The third-order valence-electron chi connectivity index (χ3n) is 4.98. The van der Waals surface area contributed by atoms with Crippen LogP contribution in [-0.2, 0) is 0 Å². The Morgan fingerprint density at radius 1 is 1.19 bits per heavy atom. The first-order valence-corrected chi connectivity index (χ1v) is 10.4. The molecule has 0 spiro atoms. The number of benzene rings is 2. The summed E-state index contributed by atoms with van der Waals surface area (Å²) < 4.78 is 1.26. The van der Waals surface area contributed by atoms with E-state index in [-0.39, 0.29) is 0 Å². The summed E-state index contributed by atoms with van der Waals surface area (Å²) in [6.07, 6.45) is 2.54. The number of piperidine rings is 1. The van der Waals surface area contributed by atoms with Crippen molar-refractivity contribution in [1.82, 2.24) is 4.90 Å². The second-order valence-corrected chi connectivity index (χ2v) is 8.35. The van der Waals surface area contributed by atoms with Crippen molar-refractivity contribution in [2.75, 3.05) is 20.1 Å². The maximum absolute atomic E-state index is 10.2. The summed E-state index contributed by atoms with van der Waals surface area (Å²) in [5, 5.41) is 13.0. The number of rotatable bonds is 2. The summed E-state index contributed by atoms with van der Waals surface area (Å²) in [6.45, 7) is 4.55. The predicted octanol–water partition coefficient (Wildman–Crippen LogP) is 6.06. The van der Waals surface area contributed by atoms with Crippen LogP contribution in [0.25, 0.3) is 10.1 Å². The van der Waals surface area contributed by atoms with E-state index in [1.165, 1.54) is 47.1 Å². The molecule has 1 aliphatic rings. The quantitative estimate of drug-likeness (QED) is 0.567. The summed E-state index contributed by atoms with van der Waals surface area (Å²) in [5.41, 5.74) is 3.12. The molecule has 1 aliphatic heterocycles. The second kappa shape index (κ2) is 8.87. The van der Waals surface area contributed by atoms with E-state index in [1.807, 2.05) is 0 Å². The zero-order chi connectivity index (χ0) is 19.4. The van der Waals surface area contributed by atoms with Crippen molar-refractivity contribution in [2.24, 2.45) is 0 Å². The summed E-state index contributed by atoms with van der Waals surface area (Å²) in [5.74, 6) is -0.164. The van der Waals surface area contributed by atoms with Crippen molar-refractivity contribution in [3.63, 3.8) is 0 Å². The molecule has 0 saturated carbocycles. The topological polar surface area (TPSA) is 40.5 Å². The Balaban J connectivity index is 0.000000197. The number of fused-ring (bicyclic) bond motifs is 1. The van der Waals surface area contributed by atoms with E-state index in [4.69, 9.17) is 16.7 Å². The fourth-order valence-electron chi connectivity index (χ4n) is 3.47. The largest absolute Gasteiger partial charge is 0.478 e. The molecular formula is C22H24ClNO2S. The third-order valence-corrected chi connectivity index (χ3v) is 6.44. The summed E-state index contributed by atoms with van der Waals surface area (Å²) in [4.78, 5) is 12.6. The lowest BCUT2D eigenvalue weighted by Crippen LogP contribution is -2.29. The first kappa shape index (κ1) is 19.9. The molecule has 142 valence electrons. The van der Waals surface area contributed by atoms with Crippen LogP contribution in [0.2, 0.25) is 5.02 Å². The number of thiophene rings is 1. The Labute approximate surface area is 169 Å². The van der Waals surface area contributed by atoms with Crippen molar-refractivity contribution in [2.45, 2.75) is 25.7 Å². The van der Waals surface area contributed by atoms with Crippen LogP contribution in [0, 0.1) is 6.92 Å². The zero-order valence-corrected chi connectivity index (χ0v) is 17.2. The Bertz CT molecular complexity index is 915. The number of carboxylic acid groups (broad SMARTS) is 1. The van der Waals surface area contributed by atoms with Gasteiger partial charge in [0.05, 0.1) is 15.3 Å². The molecule has 3 aromatic rings. The number of likely N-dealkylation sites (tertiary alicyclic amines) is 1. The lowest BCUT2D eigenvalue weighted by Gasteiger charge is -2.28. The lowest BCUT2D eigenvalue weighted by molar-refractivity contribution is 0.0697. The monoisotopic (exact) mass is 401 g/mol. The van der Waals surface area contributed by atoms with Crippen LogP contribution in [0.5, 0.6) is 0 Å². The first-order valence-electron chi connectivity index (χ1n) is 9.10. The Morgan fingerprint density at radius 2 is 1.85 bits per heavy atom. The average molecular weight is 402 g/mol. The van der Waals surface area contributed by atoms with Gasteiger partial charge in [0.25, 0.3) is 0 Å². The fourth-order valence-corrected chi connectivity index (χ4v) is 4.91. The van der Waals surface area contributed by atoms with Crippen LogP contribution in [0.4, 0.5) is 0 Å². The van der Waals surface area contributed by atoms with Crippen LogP contribution < -0.4 is 0 Å². The van der Waals surface area contributed by atoms with Crippen molar-refractivity contribution in [1.29, 1.82) is 0 Å². The third kappa shape index (κ3) is 4.89. The average Bonchev–Trinajstić information content (AvgIpc) is 3.08. The van der Waals surface area contributed by atoms with Gasteiger partial charge in [-0.05, 0) is 85.9 Å². The minimum Gasteiger partial charge on any atom is -0.478 e. The molecule has 0 bridgehead atoms. The molecule has 0 radical (unpaired) electrons. The van der Waals surface area contributed by atoms with Gasteiger partial charge in [-0.2, -0.15) is 0 Å². The molecule has 0 unspecified atom stereocenters. The van der Waals surface area contributed by atoms with E-state index in [0.29, 0.717) is 11.5 Å². The highest BCUT2D eigenvalue weighted by atomic mass is 35.5. The molecule has 0 aliphatic carbocycles. The summed E-state index contributed by atoms with van der Waals surface area (Å²) in [6, 6.07) is 12.7. The maximum atomic E-state index is 10.2. The van der Waals surface area contributed by atoms with Crippen molar-refractivity contribution >= 4 is 39.0 Å². The number of aromatic carboxylic acids is 1. The van der Waals surface area contributed by atoms with Crippen molar-refractivity contribution in [3.05, 3.63) is 69.6 Å². The van der Waals surface area contributed by atoms with Crippen molar-refractivity contribution in [3.8, 4) is 0 Å². The van der Waals surface area contributed by atoms with Crippen LogP contribution in [0.15, 0.2) is 47.8 Å². The molecule has 4 rings (SSSR count). The van der Waals surface area contributed by atoms with Crippen LogP contribution in [-0.4, -0.2) is 36.1 Å². The number of halogens is 1. The second-order valence-electron chi connectivity index (χ2n) is 7.06. The number of hydrogen-bond acceptors (Lipinski definition) is 3. The molecule has 1 saturated heterocycles. The molecule has 2 heterocycles. The lowest BCUT2D eigenvalue weighted by atomic mass is 9.89. The Kier molecular flexibility index (Phi) is 6.53. The van der Waals surface area contributed by atoms with Crippen LogP contribution >= 0.6 is 22.9 Å². The Morgan fingerprint density at radius 3 is 2.44 bits per heavy atom. The van der Waals surface area contributed by atoms with Gasteiger partial charge in [0.1, 0.15) is 0 Å². The maximum Gasteiger partial charge on any atom is 0.335 e. The van der Waals surface area contributed by atoms with Crippen molar-refractivity contribution < 1.29 is 9.90 Å². The van der Waals surface area contributed by atoms with E-state index in [2.05, 4.69) is 36.4 Å². The molecule has 5 heteroatoms. The highest BCUT2D eigenvalue weighted by Crippen LogP contribution is 2.39. The molecule has 1 N–H and O–H groups in total. The summed E-state index contributed by atoms with van der Waals surface area (Å²) >= 11 is 8.14. The molecule has 1 aromatic heterocycles. The van der Waals surface area contributed by atoms with Gasteiger partial charge in [0.2, 0.25) is 0 Å². The molecule has 0 atom stereocenters. The number of carbonyl (C=O) groups is 1. The van der Waals surface area contributed by atoms with Crippen LogP contribution in [0.1, 0.15) is 40.2 Å². The first-order chi connectivity index (χ1) is 13.0. The van der Waals surface area contributed by atoms with E-state index < -0.39 is 5.97 Å². The number of aryl methyl sites for hydroxylation is 1. The van der Waals surface area contributed by atoms with Gasteiger partial charge in [0.15, 0.2) is 0 Å². The Hall–Kier alpha value is -1.88. The van der Waals surface area contributed by atoms with E-state index in [0.717, 1.165) is 5.02 Å². The number of carboxylic acids is 1. The minimum atomic E-state index is -0.879. The van der Waals surface area contributed by atoms with Gasteiger partial charge in [-0.15, -0.1) is 11.3 Å². The van der Waals surface area contributed by atoms with E-state index in [1.54, 1.807) is 41.7 Å². The van der Waals surface area contributed by atoms with E-state index in [9.17, 15) is 4.79 Å². The highest BCUT2D eigenvalue weighted by molar-refractivity contribution is 7.18. The zero-order valence-electron chi connectivity index (χ0n) is 15.6. The minimum absolute atomic E-state index is 0.331. The fraction of sp³-hybridized carbons (Fsp3) is 0.318. The number of hydrogen-bond donors (Lipinski definition) is 1. The van der Waals surface area contributed by atoms with Gasteiger partial charge in [0, 0.05) is 0 Å². The van der Waals surface area contributed by atoms with Gasteiger partial charge < -0.3 is 10.0 Å². The standard InChI is InChI=1S/C15H18ClNS.C7H6O2/c1-10-7-12-13(9-18-15(12)14(16)8-10)11-3-5-17(2)6-4-11;8-7(9)6-4-2-1-3-5-6/h7-9,11H,3-6H2,1-2H3;1-5H,(H,8,9). The smallest absolute Gasteiger partial charge is 0.335 e. The molecule has 27 heavy (non-hydrogen) atoms. The van der Waals surface area contributed by atoms with Gasteiger partial charge in [-0.3, -0.25) is 0 Å². The highest BCUT2D eigenvalue weighted by Gasteiger charge is 2.21. The molecule has 3 nitrogen and oxygen atoms in total. The van der Waals surface area contributed by atoms with E-state index >= 15 is 0 Å². The molecule has 2 aromatic carbocycles. The molecule has 0 amide bonds. The van der Waals surface area contributed by atoms with Gasteiger partial charge in [-0.1, -0.05) is 35.9 Å². The predicted molar refractivity (Wildman–Crippen MR) is 114 cm³/mol. The number of nitrogens with zero attached hydrogens (tertiary/aromatic N) is 1. The molecular weight excluding hydrogens is 378 g/mol. The normalized spacial score (nSPS) is 15.4. The van der Waals surface area contributed by atoms with Gasteiger partial charge in [-0.25, -0.2) is 4.79 Å². The van der Waals surface area contributed by atoms with Gasteiger partial charge >= 0.3 is 5.97 Å². The van der Waals surface area contributed by atoms with Crippen LogP contribution in [0.3, 0.4) is 0 Å². The summed E-state index contributed by atoms with van der Waals surface area (Å²) in [7, 11) is 2.21.